The Balaban J connectivity index is 3.04. The second-order valence-corrected chi connectivity index (χ2v) is 3.20. The van der Waals surface area contributed by atoms with E-state index in [1.807, 2.05) is 12.3 Å². The molecule has 0 saturated carbocycles. The van der Waals surface area contributed by atoms with Gasteiger partial charge in [0.05, 0.1) is 0 Å². The fourth-order valence-corrected chi connectivity index (χ4v) is 1.58. The topological polar surface area (TPSA) is 0 Å². The fourth-order valence-electron chi connectivity index (χ4n) is 0.367. The highest BCUT2D eigenvalue weighted by Crippen LogP contribution is 2.16. The van der Waals surface area contributed by atoms with Crippen LogP contribution >= 0.6 is 27.3 Å². The van der Waals surface area contributed by atoms with Crippen LogP contribution in [0.4, 0.5) is 0 Å². The maximum absolute atomic E-state index is 3.29. The number of thiophene rings is 1. The molecule has 1 rings (SSSR count). The van der Waals surface area contributed by atoms with Gasteiger partial charge < -0.3 is 0 Å². The molecular weight excluding hydrogens is 172 g/mol. The largest absolute Gasteiger partial charge is 0.147 e. The maximum Gasteiger partial charge on any atom is 0.0364 e. The number of hydrogen-bond acceptors (Lipinski definition) is 1. The van der Waals surface area contributed by atoms with E-state index in [0.717, 1.165) is 4.47 Å². The molecular formula is C5H4BrS. The second-order valence-electron chi connectivity index (χ2n) is 1.26. The molecule has 0 nitrogen and oxygen atoms in total. The third-order valence-corrected chi connectivity index (χ3v) is 2.17. The molecule has 7 heavy (non-hydrogen) atoms. The van der Waals surface area contributed by atoms with E-state index in [2.05, 4.69) is 22.0 Å². The van der Waals surface area contributed by atoms with E-state index in [0.29, 0.717) is 0 Å². The van der Waals surface area contributed by atoms with Gasteiger partial charge in [0.1, 0.15) is 0 Å². The number of aryl methyl sites for hydroxylation is 1. The lowest BCUT2D eigenvalue weighted by Crippen LogP contribution is -1.48. The van der Waals surface area contributed by atoms with Crippen molar-refractivity contribution in [1.29, 1.82) is 0 Å². The first-order valence-corrected chi connectivity index (χ1v) is 3.59. The molecule has 0 spiro atoms. The first kappa shape index (κ1) is 5.32. The number of rotatable bonds is 0. The van der Waals surface area contributed by atoms with Crippen LogP contribution in [0.3, 0.4) is 0 Å². The summed E-state index contributed by atoms with van der Waals surface area (Å²) < 4.78 is 1.06. The Morgan fingerprint density at radius 3 is 2.71 bits per heavy atom. The summed E-state index contributed by atoms with van der Waals surface area (Å²) in [6.07, 6.45) is 0. The Hall–Kier alpha value is 0.180. The number of halogens is 1. The predicted octanol–water partition coefficient (Wildman–Crippen LogP) is 2.62. The van der Waals surface area contributed by atoms with E-state index in [-0.39, 0.29) is 0 Å². The highest BCUT2D eigenvalue weighted by Gasteiger charge is 1.87. The van der Waals surface area contributed by atoms with E-state index >= 15 is 0 Å². The lowest BCUT2D eigenvalue weighted by atomic mass is 10.5. The average Bonchev–Trinajstić information content (AvgIpc) is 1.87. The Labute approximate surface area is 55.3 Å². The summed E-state index contributed by atoms with van der Waals surface area (Å²) in [7, 11) is 0. The molecule has 1 radical (unpaired) electrons. The maximum atomic E-state index is 3.29. The Morgan fingerprint density at radius 1 is 1.86 bits per heavy atom. The molecule has 2 heteroatoms. The van der Waals surface area contributed by atoms with Gasteiger partial charge in [0.15, 0.2) is 0 Å². The summed E-state index contributed by atoms with van der Waals surface area (Å²) in [6.45, 7) is 2.04. The third-order valence-electron chi connectivity index (χ3n) is 0.635. The monoisotopic (exact) mass is 175 g/mol. The van der Waals surface area contributed by atoms with Crippen LogP contribution in [0, 0.1) is 13.0 Å². The van der Waals surface area contributed by atoms with Gasteiger partial charge in [-0.1, -0.05) is 0 Å². The van der Waals surface area contributed by atoms with Crippen LogP contribution in [0.15, 0.2) is 9.85 Å². The molecule has 0 atom stereocenters. The van der Waals surface area contributed by atoms with Gasteiger partial charge in [-0.15, -0.1) is 11.3 Å². The van der Waals surface area contributed by atoms with Gasteiger partial charge in [-0.05, 0) is 22.9 Å². The van der Waals surface area contributed by atoms with Crippen LogP contribution in [0.25, 0.3) is 0 Å². The van der Waals surface area contributed by atoms with Crippen molar-refractivity contribution in [3.63, 3.8) is 0 Å². The van der Waals surface area contributed by atoms with Crippen molar-refractivity contribution in [2.75, 3.05) is 0 Å². The standard InChI is InChI=1S/C5H4BrS/c1-4-2-5(6)3-7-4/h3H,1H3. The Kier molecular flexibility index (Phi) is 1.50. The Bertz CT molecular complexity index is 140. The zero-order valence-corrected chi connectivity index (χ0v) is 6.27. The van der Waals surface area contributed by atoms with Crippen LogP contribution in [0.5, 0.6) is 0 Å². The van der Waals surface area contributed by atoms with Crippen LogP contribution in [-0.4, -0.2) is 0 Å². The van der Waals surface area contributed by atoms with Crippen molar-refractivity contribution in [1.82, 2.24) is 0 Å². The van der Waals surface area contributed by atoms with E-state index in [1.54, 1.807) is 11.3 Å². The van der Waals surface area contributed by atoms with Crippen LogP contribution in [0.2, 0.25) is 0 Å². The van der Waals surface area contributed by atoms with Crippen molar-refractivity contribution in [2.45, 2.75) is 6.92 Å². The molecule has 0 N–H and O–H groups in total. The van der Waals surface area contributed by atoms with Crippen LogP contribution in [-0.2, 0) is 0 Å². The summed E-state index contributed by atoms with van der Waals surface area (Å²) in [6, 6.07) is 3.07. The lowest BCUT2D eigenvalue weighted by molar-refractivity contribution is 1.61. The van der Waals surface area contributed by atoms with Crippen molar-refractivity contribution < 1.29 is 0 Å². The molecule has 37 valence electrons. The van der Waals surface area contributed by atoms with Crippen molar-refractivity contribution >= 4 is 27.3 Å². The van der Waals surface area contributed by atoms with Crippen molar-refractivity contribution in [3.8, 4) is 0 Å². The number of hydrogen-bond donors (Lipinski definition) is 0. The molecule has 1 aromatic rings. The zero-order chi connectivity index (χ0) is 5.28. The second kappa shape index (κ2) is 1.97. The van der Waals surface area contributed by atoms with E-state index in [4.69, 9.17) is 0 Å². The quantitative estimate of drug-likeness (QED) is 0.569. The first-order chi connectivity index (χ1) is 3.29. The van der Waals surface area contributed by atoms with Gasteiger partial charge in [-0.2, -0.15) is 0 Å². The summed E-state index contributed by atoms with van der Waals surface area (Å²) in [5.74, 6) is 0. The minimum atomic E-state index is 1.06. The molecule has 0 fully saturated rings. The molecule has 0 aliphatic rings. The third kappa shape index (κ3) is 1.28. The first-order valence-electron chi connectivity index (χ1n) is 1.92. The van der Waals surface area contributed by atoms with E-state index < -0.39 is 0 Å². The van der Waals surface area contributed by atoms with Gasteiger partial charge in [-0.25, -0.2) is 0 Å². The van der Waals surface area contributed by atoms with E-state index in [1.165, 1.54) is 4.88 Å². The molecule has 0 unspecified atom stereocenters. The van der Waals surface area contributed by atoms with Gasteiger partial charge in [0.25, 0.3) is 0 Å². The summed E-state index contributed by atoms with van der Waals surface area (Å²) in [5.41, 5.74) is 0. The minimum Gasteiger partial charge on any atom is -0.147 e. The molecule has 0 aliphatic heterocycles. The summed E-state index contributed by atoms with van der Waals surface area (Å²) in [5, 5.41) is 2.02. The normalized spacial score (nSPS) is 9.43. The average molecular weight is 176 g/mol. The molecule has 1 heterocycles. The van der Waals surface area contributed by atoms with Crippen molar-refractivity contribution in [2.24, 2.45) is 0 Å². The van der Waals surface area contributed by atoms with Gasteiger partial charge >= 0.3 is 0 Å². The molecule has 1 aromatic heterocycles. The van der Waals surface area contributed by atoms with Crippen LogP contribution < -0.4 is 0 Å². The van der Waals surface area contributed by atoms with Gasteiger partial charge in [0.2, 0.25) is 0 Å². The molecule has 0 aromatic carbocycles. The lowest BCUT2D eigenvalue weighted by Gasteiger charge is -1.67. The van der Waals surface area contributed by atoms with E-state index in [9.17, 15) is 0 Å². The van der Waals surface area contributed by atoms with Gasteiger partial charge in [-0.3, -0.25) is 0 Å². The summed E-state index contributed by atoms with van der Waals surface area (Å²) in [4.78, 5) is 1.23. The highest BCUT2D eigenvalue weighted by molar-refractivity contribution is 9.10. The molecule has 0 bridgehead atoms. The highest BCUT2D eigenvalue weighted by atomic mass is 79.9. The predicted molar refractivity (Wildman–Crippen MR) is 35.6 cm³/mol. The fraction of sp³-hybridized carbons (Fsp3) is 0.200. The zero-order valence-electron chi connectivity index (χ0n) is 3.86. The SMILES string of the molecule is Cc1[c]c(Br)cs1. The molecule has 0 saturated heterocycles. The van der Waals surface area contributed by atoms with Gasteiger partial charge in [0, 0.05) is 20.8 Å². The smallest absolute Gasteiger partial charge is 0.0364 e. The van der Waals surface area contributed by atoms with Crippen LogP contribution in [0.1, 0.15) is 4.88 Å². The molecule has 0 aliphatic carbocycles. The molecule has 0 amide bonds. The summed E-state index contributed by atoms with van der Waals surface area (Å²) >= 11 is 4.99. The minimum absolute atomic E-state index is 1.06. The van der Waals surface area contributed by atoms with Crippen molar-refractivity contribution in [3.05, 3.63) is 20.8 Å². The Morgan fingerprint density at radius 2 is 2.57 bits per heavy atom.